The van der Waals surface area contributed by atoms with Crippen molar-refractivity contribution in [3.8, 4) is 0 Å². The van der Waals surface area contributed by atoms with Crippen LogP contribution in [0.5, 0.6) is 0 Å². The molecule has 2 N–H and O–H groups in total. The quantitative estimate of drug-likeness (QED) is 0.844. The van der Waals surface area contributed by atoms with Crippen molar-refractivity contribution < 1.29 is 8.42 Å². The van der Waals surface area contributed by atoms with E-state index in [1.54, 1.807) is 8.61 Å². The fourth-order valence-electron chi connectivity index (χ4n) is 3.52. The van der Waals surface area contributed by atoms with E-state index < -0.39 is 10.2 Å². The molecule has 0 aromatic carbocycles. The van der Waals surface area contributed by atoms with Crippen LogP contribution in [-0.2, 0) is 10.2 Å². The van der Waals surface area contributed by atoms with Crippen LogP contribution in [0, 0.1) is 0 Å². The highest BCUT2D eigenvalue weighted by molar-refractivity contribution is 7.86. The van der Waals surface area contributed by atoms with Crippen molar-refractivity contribution in [1.82, 2.24) is 8.61 Å². The van der Waals surface area contributed by atoms with Gasteiger partial charge in [-0.3, -0.25) is 0 Å². The summed E-state index contributed by atoms with van der Waals surface area (Å²) in [5.74, 6) is 0. The van der Waals surface area contributed by atoms with Gasteiger partial charge in [0.25, 0.3) is 10.2 Å². The predicted molar refractivity (Wildman–Crippen MR) is 86.2 cm³/mol. The Morgan fingerprint density at radius 3 is 2.14 bits per heavy atom. The third-order valence-electron chi connectivity index (χ3n) is 4.78. The Hall–Kier alpha value is -0.170. The molecule has 1 aliphatic heterocycles. The second-order valence-electron chi connectivity index (χ2n) is 6.50. The molecule has 1 aliphatic carbocycles. The van der Waals surface area contributed by atoms with Crippen molar-refractivity contribution >= 4 is 10.2 Å². The molecule has 0 aromatic heterocycles. The summed E-state index contributed by atoms with van der Waals surface area (Å²) in [6.07, 6.45) is 8.87. The van der Waals surface area contributed by atoms with E-state index in [-0.39, 0.29) is 12.1 Å². The van der Waals surface area contributed by atoms with Gasteiger partial charge in [0.1, 0.15) is 0 Å². The van der Waals surface area contributed by atoms with E-state index >= 15 is 0 Å². The highest BCUT2D eigenvalue weighted by Gasteiger charge is 2.35. The van der Waals surface area contributed by atoms with Crippen molar-refractivity contribution in [2.45, 2.75) is 76.8 Å². The van der Waals surface area contributed by atoms with E-state index in [1.807, 2.05) is 0 Å². The van der Waals surface area contributed by atoms with Crippen molar-refractivity contribution in [2.75, 3.05) is 19.6 Å². The summed E-state index contributed by atoms with van der Waals surface area (Å²) in [6.45, 7) is 4.07. The van der Waals surface area contributed by atoms with Gasteiger partial charge >= 0.3 is 0 Å². The molecule has 0 spiro atoms. The SMILES string of the molecule is CCCN(C1CCC(N)CC1)S(=O)(=O)N1CCCCCC1. The van der Waals surface area contributed by atoms with Gasteiger partial charge in [-0.15, -0.1) is 0 Å². The first-order valence-corrected chi connectivity index (χ1v) is 9.98. The van der Waals surface area contributed by atoms with Gasteiger partial charge < -0.3 is 5.73 Å². The largest absolute Gasteiger partial charge is 0.328 e. The summed E-state index contributed by atoms with van der Waals surface area (Å²) >= 11 is 0. The van der Waals surface area contributed by atoms with Crippen LogP contribution in [0.4, 0.5) is 0 Å². The molecule has 5 nitrogen and oxygen atoms in total. The standard InChI is InChI=1S/C15H31N3O2S/c1-2-11-18(15-9-7-14(16)8-10-15)21(19,20)17-12-5-3-4-6-13-17/h14-15H,2-13,16H2,1H3. The van der Waals surface area contributed by atoms with E-state index in [9.17, 15) is 8.42 Å². The maximum absolute atomic E-state index is 13.0. The fraction of sp³-hybridized carbons (Fsp3) is 1.00. The second kappa shape index (κ2) is 7.90. The lowest BCUT2D eigenvalue weighted by atomic mass is 9.92. The minimum Gasteiger partial charge on any atom is -0.328 e. The van der Waals surface area contributed by atoms with Gasteiger partial charge in [-0.1, -0.05) is 19.8 Å². The Labute approximate surface area is 130 Å². The third kappa shape index (κ3) is 4.41. The normalized spacial score (nSPS) is 29.5. The molecule has 2 rings (SSSR count). The Kier molecular flexibility index (Phi) is 6.47. The van der Waals surface area contributed by atoms with Gasteiger partial charge in [0, 0.05) is 31.7 Å². The molecular formula is C15H31N3O2S. The van der Waals surface area contributed by atoms with Crippen LogP contribution in [0.3, 0.4) is 0 Å². The molecule has 21 heavy (non-hydrogen) atoms. The Balaban J connectivity index is 2.11. The maximum atomic E-state index is 13.0. The molecule has 2 fully saturated rings. The molecule has 0 amide bonds. The number of nitrogens with zero attached hydrogens (tertiary/aromatic N) is 2. The highest BCUT2D eigenvalue weighted by Crippen LogP contribution is 2.27. The average Bonchev–Trinajstić information content (AvgIpc) is 2.75. The van der Waals surface area contributed by atoms with Crippen LogP contribution >= 0.6 is 0 Å². The molecule has 0 bridgehead atoms. The Bertz CT molecular complexity index is 397. The van der Waals surface area contributed by atoms with Crippen molar-refractivity contribution in [1.29, 1.82) is 0 Å². The first kappa shape index (κ1) is 17.2. The molecule has 0 aromatic rings. The summed E-state index contributed by atoms with van der Waals surface area (Å²) in [5, 5.41) is 0. The topological polar surface area (TPSA) is 66.6 Å². The number of hydrogen-bond acceptors (Lipinski definition) is 3. The lowest BCUT2D eigenvalue weighted by Crippen LogP contribution is -2.50. The minimum atomic E-state index is -3.30. The van der Waals surface area contributed by atoms with Gasteiger partial charge in [0.15, 0.2) is 0 Å². The third-order valence-corrected chi connectivity index (χ3v) is 6.87. The molecule has 0 atom stereocenters. The summed E-state index contributed by atoms with van der Waals surface area (Å²) in [4.78, 5) is 0. The van der Waals surface area contributed by atoms with E-state index in [0.717, 1.165) is 57.8 Å². The smallest absolute Gasteiger partial charge is 0.282 e. The van der Waals surface area contributed by atoms with Gasteiger partial charge in [-0.2, -0.15) is 17.0 Å². The van der Waals surface area contributed by atoms with E-state index in [2.05, 4.69) is 6.92 Å². The number of hydrogen-bond donors (Lipinski definition) is 1. The highest BCUT2D eigenvalue weighted by atomic mass is 32.2. The zero-order valence-electron chi connectivity index (χ0n) is 13.3. The molecule has 124 valence electrons. The Morgan fingerprint density at radius 2 is 1.62 bits per heavy atom. The van der Waals surface area contributed by atoms with Crippen molar-refractivity contribution in [2.24, 2.45) is 5.73 Å². The maximum Gasteiger partial charge on any atom is 0.282 e. The second-order valence-corrected chi connectivity index (χ2v) is 8.38. The number of nitrogens with two attached hydrogens (primary N) is 1. The minimum absolute atomic E-state index is 0.151. The number of rotatable bonds is 5. The summed E-state index contributed by atoms with van der Waals surface area (Å²) < 4.78 is 29.6. The van der Waals surface area contributed by atoms with Crippen LogP contribution in [0.2, 0.25) is 0 Å². The molecular weight excluding hydrogens is 286 g/mol. The summed E-state index contributed by atoms with van der Waals surface area (Å²) in [5.41, 5.74) is 5.97. The zero-order valence-corrected chi connectivity index (χ0v) is 14.2. The molecule has 6 heteroatoms. The molecule has 0 unspecified atom stereocenters. The fourth-order valence-corrected chi connectivity index (χ4v) is 5.53. The van der Waals surface area contributed by atoms with E-state index in [1.165, 1.54) is 0 Å². The lowest BCUT2D eigenvalue weighted by Gasteiger charge is -2.37. The lowest BCUT2D eigenvalue weighted by molar-refractivity contribution is 0.224. The predicted octanol–water partition coefficient (Wildman–Crippen LogP) is 2.09. The van der Waals surface area contributed by atoms with Crippen LogP contribution in [0.25, 0.3) is 0 Å². The summed E-state index contributed by atoms with van der Waals surface area (Å²) in [6, 6.07) is 0.406. The van der Waals surface area contributed by atoms with Gasteiger partial charge in [0.2, 0.25) is 0 Å². The first-order valence-electron chi connectivity index (χ1n) is 8.58. The van der Waals surface area contributed by atoms with Crippen LogP contribution in [0.15, 0.2) is 0 Å². The molecule has 1 heterocycles. The monoisotopic (exact) mass is 317 g/mol. The molecule has 0 radical (unpaired) electrons. The van der Waals surface area contributed by atoms with Gasteiger partial charge in [0.05, 0.1) is 0 Å². The summed E-state index contributed by atoms with van der Waals surface area (Å²) in [7, 11) is -3.30. The van der Waals surface area contributed by atoms with Gasteiger partial charge in [-0.25, -0.2) is 0 Å². The van der Waals surface area contributed by atoms with E-state index in [4.69, 9.17) is 5.73 Å². The van der Waals surface area contributed by atoms with Crippen molar-refractivity contribution in [3.05, 3.63) is 0 Å². The average molecular weight is 317 g/mol. The molecule has 1 saturated carbocycles. The van der Waals surface area contributed by atoms with Crippen molar-refractivity contribution in [3.63, 3.8) is 0 Å². The van der Waals surface area contributed by atoms with E-state index in [0.29, 0.717) is 19.6 Å². The van der Waals surface area contributed by atoms with Crippen LogP contribution in [-0.4, -0.2) is 48.7 Å². The molecule has 1 saturated heterocycles. The van der Waals surface area contributed by atoms with Crippen LogP contribution < -0.4 is 5.73 Å². The van der Waals surface area contributed by atoms with Crippen LogP contribution in [0.1, 0.15) is 64.7 Å². The van der Waals surface area contributed by atoms with Gasteiger partial charge in [-0.05, 0) is 44.9 Å². The Morgan fingerprint density at radius 1 is 1.05 bits per heavy atom. The first-order chi connectivity index (χ1) is 10.1. The molecule has 2 aliphatic rings. The zero-order chi connectivity index (χ0) is 15.3.